The molecule has 0 unspecified atom stereocenters. The number of pyridine rings is 2. The highest BCUT2D eigenvalue weighted by atomic mass is 14.9. The van der Waals surface area contributed by atoms with Crippen LogP contribution < -0.4 is 0 Å². The number of aromatic nitrogens is 2. The molecule has 0 amide bonds. The lowest BCUT2D eigenvalue weighted by Gasteiger charge is -2.46. The predicted octanol–water partition coefficient (Wildman–Crippen LogP) is 10.3. The molecule has 0 radical (unpaired) electrons. The zero-order valence-corrected chi connectivity index (χ0v) is 24.6. The molecule has 3 heterocycles. The van der Waals surface area contributed by atoms with Gasteiger partial charge in [0, 0.05) is 32.4 Å². The molecule has 2 heteroatoms. The topological polar surface area (TPSA) is 17.3 Å². The minimum absolute atomic E-state index is 0.0971. The van der Waals surface area contributed by atoms with E-state index in [0.717, 1.165) is 17.5 Å². The van der Waals surface area contributed by atoms with Crippen molar-refractivity contribution in [2.75, 3.05) is 0 Å². The van der Waals surface area contributed by atoms with Crippen LogP contribution in [0.25, 0.3) is 59.9 Å². The van der Waals surface area contributed by atoms with Gasteiger partial charge in [-0.15, -0.1) is 0 Å². The van der Waals surface area contributed by atoms with Crippen molar-refractivity contribution in [1.29, 1.82) is 0 Å². The molecule has 0 aliphatic heterocycles. The summed E-state index contributed by atoms with van der Waals surface area (Å²) in [6.07, 6.45) is 0.989. The molecule has 1 aliphatic carbocycles. The third kappa shape index (κ3) is 2.82. The van der Waals surface area contributed by atoms with Crippen LogP contribution in [0.2, 0.25) is 0 Å². The van der Waals surface area contributed by atoms with Crippen LogP contribution in [-0.4, -0.2) is 9.38 Å². The molecular weight excluding hydrogens is 484 g/mol. The van der Waals surface area contributed by atoms with Gasteiger partial charge in [0.1, 0.15) is 0 Å². The summed E-state index contributed by atoms with van der Waals surface area (Å²) in [5.41, 5.74) is 10.5. The van der Waals surface area contributed by atoms with Gasteiger partial charge in [-0.3, -0.25) is 0 Å². The molecule has 2 nitrogen and oxygen atoms in total. The summed E-state index contributed by atoms with van der Waals surface area (Å²) in [4.78, 5) is 5.51. The molecule has 0 spiro atoms. The molecule has 4 aromatic carbocycles. The Labute approximate surface area is 235 Å². The van der Waals surface area contributed by atoms with Crippen molar-refractivity contribution in [1.82, 2.24) is 9.38 Å². The Morgan fingerprint density at radius 3 is 2.05 bits per heavy atom. The molecule has 3 aromatic heterocycles. The zero-order chi connectivity index (χ0) is 27.8. The first-order chi connectivity index (χ1) is 19.0. The van der Waals surface area contributed by atoms with Crippen LogP contribution in [0.1, 0.15) is 65.2 Å². The first kappa shape index (κ1) is 23.9. The van der Waals surface area contributed by atoms with Crippen LogP contribution in [0.15, 0.2) is 78.9 Å². The summed E-state index contributed by atoms with van der Waals surface area (Å²) < 4.78 is 2.63. The molecule has 40 heavy (non-hydrogen) atoms. The highest BCUT2D eigenvalue weighted by Crippen LogP contribution is 2.58. The summed E-state index contributed by atoms with van der Waals surface area (Å²) in [7, 11) is 0. The van der Waals surface area contributed by atoms with Crippen molar-refractivity contribution < 1.29 is 0 Å². The van der Waals surface area contributed by atoms with E-state index in [2.05, 4.69) is 132 Å². The lowest BCUT2D eigenvalue weighted by Crippen LogP contribution is -2.42. The van der Waals surface area contributed by atoms with E-state index in [0.29, 0.717) is 0 Å². The molecule has 7 aromatic rings. The highest BCUT2D eigenvalue weighted by molar-refractivity contribution is 6.23. The number of fused-ring (bicyclic) bond motifs is 9. The Bertz CT molecular complexity index is 2220. The molecule has 1 aliphatic rings. The van der Waals surface area contributed by atoms with Gasteiger partial charge in [-0.1, -0.05) is 109 Å². The second-order valence-electron chi connectivity index (χ2n) is 14.3. The van der Waals surface area contributed by atoms with Crippen molar-refractivity contribution in [3.05, 3.63) is 95.6 Å². The molecule has 0 saturated heterocycles. The third-order valence-electron chi connectivity index (χ3n) is 10.1. The van der Waals surface area contributed by atoms with Crippen molar-refractivity contribution in [3.63, 3.8) is 0 Å². The Balaban J connectivity index is 1.81. The third-order valence-corrected chi connectivity index (χ3v) is 10.1. The van der Waals surface area contributed by atoms with E-state index in [9.17, 15) is 0 Å². The molecule has 198 valence electrons. The van der Waals surface area contributed by atoms with E-state index in [-0.39, 0.29) is 16.2 Å². The van der Waals surface area contributed by atoms with Crippen LogP contribution in [-0.2, 0) is 17.3 Å². The van der Waals surface area contributed by atoms with Crippen molar-refractivity contribution in [2.24, 2.45) is 5.41 Å². The van der Waals surface area contributed by atoms with E-state index in [1.165, 1.54) is 65.6 Å². The van der Waals surface area contributed by atoms with Gasteiger partial charge in [0.25, 0.3) is 0 Å². The first-order valence-corrected chi connectivity index (χ1v) is 14.6. The maximum absolute atomic E-state index is 5.51. The Morgan fingerprint density at radius 1 is 0.675 bits per heavy atom. The predicted molar refractivity (Wildman–Crippen MR) is 172 cm³/mol. The summed E-state index contributed by atoms with van der Waals surface area (Å²) in [5.74, 6) is 0. The van der Waals surface area contributed by atoms with Gasteiger partial charge in [0.15, 0.2) is 0 Å². The SMILES string of the molecule is CC(C)(C)Cc1c2ccccc2cc2c3nc4ccccc4c4c3c3c(c5ccccc5n3c12)C(C)(C)C4(C)C. The lowest BCUT2D eigenvalue weighted by molar-refractivity contribution is 0.308. The van der Waals surface area contributed by atoms with E-state index >= 15 is 0 Å². The summed E-state index contributed by atoms with van der Waals surface area (Å²) in [6.45, 7) is 16.9. The Morgan fingerprint density at radius 2 is 1.30 bits per heavy atom. The Kier molecular flexibility index (Phi) is 4.44. The van der Waals surface area contributed by atoms with Crippen molar-refractivity contribution in [3.8, 4) is 0 Å². The molecule has 8 rings (SSSR count). The van der Waals surface area contributed by atoms with Crippen LogP contribution in [0.5, 0.6) is 0 Å². The fourth-order valence-corrected chi connectivity index (χ4v) is 7.81. The summed E-state index contributed by atoms with van der Waals surface area (Å²) in [5, 5.41) is 7.88. The second kappa shape index (κ2) is 7.43. The highest BCUT2D eigenvalue weighted by Gasteiger charge is 2.48. The summed E-state index contributed by atoms with van der Waals surface area (Å²) in [6, 6.07) is 29.2. The number of hydrogen-bond donors (Lipinski definition) is 0. The normalized spacial score (nSPS) is 16.4. The van der Waals surface area contributed by atoms with Gasteiger partial charge in [-0.25, -0.2) is 4.98 Å². The van der Waals surface area contributed by atoms with E-state index in [4.69, 9.17) is 4.98 Å². The van der Waals surface area contributed by atoms with E-state index in [1.807, 2.05) is 0 Å². The van der Waals surface area contributed by atoms with Gasteiger partial charge in [-0.05, 0) is 57.5 Å². The fraction of sp³-hybridized carbons (Fsp3) is 0.289. The van der Waals surface area contributed by atoms with Gasteiger partial charge in [0.2, 0.25) is 0 Å². The van der Waals surface area contributed by atoms with Gasteiger partial charge in [-0.2, -0.15) is 0 Å². The number of hydrogen-bond acceptors (Lipinski definition) is 1. The van der Waals surface area contributed by atoms with Gasteiger partial charge < -0.3 is 4.40 Å². The largest absolute Gasteiger partial charge is 0.308 e. The summed E-state index contributed by atoms with van der Waals surface area (Å²) >= 11 is 0. The molecule has 0 N–H and O–H groups in total. The monoisotopic (exact) mass is 520 g/mol. The van der Waals surface area contributed by atoms with Crippen LogP contribution in [0.4, 0.5) is 0 Å². The van der Waals surface area contributed by atoms with Crippen molar-refractivity contribution >= 4 is 59.9 Å². The van der Waals surface area contributed by atoms with Gasteiger partial charge in [0.05, 0.1) is 27.6 Å². The second-order valence-corrected chi connectivity index (χ2v) is 14.3. The molecule has 0 atom stereocenters. The minimum atomic E-state index is -0.107. The standard InChI is InChI=1S/C38H36N2/c1-36(2,3)21-27-23-15-9-8-14-22(23)20-26-33-30-31(24-16-10-12-18-28(24)39-33)37(4,5)38(6,7)32-25-17-11-13-19-29(25)40(34(26)27)35(30)32/h8-20H,21H2,1-7H3. The minimum Gasteiger partial charge on any atom is -0.308 e. The van der Waals surface area contributed by atoms with Crippen molar-refractivity contribution in [2.45, 2.75) is 65.7 Å². The van der Waals surface area contributed by atoms with Crippen LogP contribution >= 0.6 is 0 Å². The lowest BCUT2D eigenvalue weighted by atomic mass is 9.57. The molecule has 0 bridgehead atoms. The van der Waals surface area contributed by atoms with Crippen LogP contribution in [0.3, 0.4) is 0 Å². The Hall–Kier alpha value is -3.91. The van der Waals surface area contributed by atoms with E-state index in [1.54, 1.807) is 0 Å². The van der Waals surface area contributed by atoms with Crippen LogP contribution in [0, 0.1) is 5.41 Å². The smallest absolute Gasteiger partial charge is 0.0827 e. The molecule has 0 fully saturated rings. The average molecular weight is 521 g/mol. The van der Waals surface area contributed by atoms with E-state index < -0.39 is 0 Å². The number of rotatable bonds is 1. The maximum atomic E-state index is 5.51. The molecule has 0 saturated carbocycles. The number of benzene rings is 4. The number of para-hydroxylation sites is 2. The average Bonchev–Trinajstić information content (AvgIpc) is 3.26. The number of nitrogens with zero attached hydrogens (tertiary/aromatic N) is 2. The maximum Gasteiger partial charge on any atom is 0.0827 e. The fourth-order valence-electron chi connectivity index (χ4n) is 7.81. The first-order valence-electron chi connectivity index (χ1n) is 14.6. The quantitative estimate of drug-likeness (QED) is 0.155. The van der Waals surface area contributed by atoms with Gasteiger partial charge >= 0.3 is 0 Å². The zero-order valence-electron chi connectivity index (χ0n) is 24.6. The molecular formula is C38H36N2.